The lowest BCUT2D eigenvalue weighted by Crippen LogP contribution is -2.47. The summed E-state index contributed by atoms with van der Waals surface area (Å²) in [4.78, 5) is 24.1. The summed E-state index contributed by atoms with van der Waals surface area (Å²) in [6.45, 7) is 3.11. The first-order valence-electron chi connectivity index (χ1n) is 10.5. The van der Waals surface area contributed by atoms with Crippen LogP contribution >= 0.6 is 11.6 Å². The number of aromatic nitrogens is 2. The van der Waals surface area contributed by atoms with Gasteiger partial charge in [0, 0.05) is 43.4 Å². The highest BCUT2D eigenvalue weighted by molar-refractivity contribution is 6.30. The van der Waals surface area contributed by atoms with Gasteiger partial charge in [0.25, 0.3) is 0 Å². The zero-order valence-electron chi connectivity index (χ0n) is 17.6. The zero-order valence-corrected chi connectivity index (χ0v) is 18.4. The number of hydrogen-bond acceptors (Lipinski definition) is 9. The van der Waals surface area contributed by atoms with Crippen LogP contribution in [0.2, 0.25) is 5.02 Å². The first-order chi connectivity index (χ1) is 16.1. The quantitative estimate of drug-likeness (QED) is 0.428. The first-order valence-corrected chi connectivity index (χ1v) is 10.8. The van der Waals surface area contributed by atoms with Gasteiger partial charge in [0.05, 0.1) is 4.92 Å². The number of anilines is 3. The van der Waals surface area contributed by atoms with E-state index in [1.807, 2.05) is 47.4 Å². The predicted octanol–water partition coefficient (Wildman–Crippen LogP) is 3.71. The lowest BCUT2D eigenvalue weighted by Gasteiger charge is -2.36. The third-order valence-electron chi connectivity index (χ3n) is 5.64. The van der Waals surface area contributed by atoms with Gasteiger partial charge >= 0.3 is 5.69 Å². The number of nitrogens with zero attached hydrogens (tertiary/aromatic N) is 5. The number of hydrogen-bond donors (Lipinski definition) is 1. The minimum Gasteiger partial charge on any atom is -0.454 e. The Kier molecular flexibility index (Phi) is 5.74. The van der Waals surface area contributed by atoms with E-state index in [0.29, 0.717) is 55.1 Å². The third-order valence-corrected chi connectivity index (χ3v) is 5.87. The van der Waals surface area contributed by atoms with E-state index in [9.17, 15) is 10.1 Å². The van der Waals surface area contributed by atoms with E-state index in [4.69, 9.17) is 21.1 Å². The van der Waals surface area contributed by atoms with Crippen LogP contribution in [0.1, 0.15) is 5.56 Å². The molecule has 1 N–H and O–H groups in total. The molecule has 33 heavy (non-hydrogen) atoms. The van der Waals surface area contributed by atoms with Crippen molar-refractivity contribution in [2.24, 2.45) is 0 Å². The van der Waals surface area contributed by atoms with Crippen molar-refractivity contribution >= 4 is 34.6 Å². The molecule has 0 unspecified atom stereocenters. The molecule has 2 aliphatic rings. The predicted molar refractivity (Wildman–Crippen MR) is 124 cm³/mol. The van der Waals surface area contributed by atoms with Crippen LogP contribution in [-0.4, -0.2) is 47.9 Å². The van der Waals surface area contributed by atoms with E-state index >= 15 is 0 Å². The summed E-state index contributed by atoms with van der Waals surface area (Å²) < 4.78 is 10.7. The van der Waals surface area contributed by atoms with E-state index in [1.165, 1.54) is 6.33 Å². The largest absolute Gasteiger partial charge is 0.454 e. The molecule has 0 amide bonds. The fourth-order valence-corrected chi connectivity index (χ4v) is 4.17. The minimum atomic E-state index is -0.430. The maximum absolute atomic E-state index is 12.0. The summed E-state index contributed by atoms with van der Waals surface area (Å²) >= 11 is 6.11. The van der Waals surface area contributed by atoms with Crippen LogP contribution in [-0.2, 0) is 6.54 Å². The molecule has 2 aliphatic heterocycles. The van der Waals surface area contributed by atoms with Crippen molar-refractivity contribution in [1.29, 1.82) is 0 Å². The fraction of sp³-hybridized carbons (Fsp3) is 0.273. The summed E-state index contributed by atoms with van der Waals surface area (Å²) in [5.74, 6) is 1.84. The van der Waals surface area contributed by atoms with Gasteiger partial charge < -0.3 is 24.6 Å². The highest BCUT2D eigenvalue weighted by Gasteiger charge is 2.29. The molecule has 3 heterocycles. The van der Waals surface area contributed by atoms with Gasteiger partial charge in [-0.15, -0.1) is 0 Å². The number of fused-ring (bicyclic) bond motifs is 1. The lowest BCUT2D eigenvalue weighted by atomic mass is 10.2. The van der Waals surface area contributed by atoms with Crippen LogP contribution in [0.4, 0.5) is 23.0 Å². The molecule has 11 heteroatoms. The van der Waals surface area contributed by atoms with E-state index in [1.54, 1.807) is 0 Å². The maximum atomic E-state index is 12.0. The second kappa shape index (κ2) is 8.99. The molecule has 0 spiro atoms. The Morgan fingerprint density at radius 2 is 1.82 bits per heavy atom. The Labute approximate surface area is 194 Å². The number of rotatable bonds is 6. The van der Waals surface area contributed by atoms with Gasteiger partial charge in [-0.25, -0.2) is 9.97 Å². The molecule has 2 aromatic carbocycles. The molecule has 10 nitrogen and oxygen atoms in total. The Balaban J connectivity index is 1.31. The number of ether oxygens (including phenoxy) is 2. The number of piperazine rings is 1. The summed E-state index contributed by atoms with van der Waals surface area (Å²) in [6, 6.07) is 13.2. The highest BCUT2D eigenvalue weighted by Crippen LogP contribution is 2.35. The summed E-state index contributed by atoms with van der Waals surface area (Å²) in [6.07, 6.45) is 1.35. The van der Waals surface area contributed by atoms with E-state index < -0.39 is 4.92 Å². The Bertz CT molecular complexity index is 1190. The molecule has 0 radical (unpaired) electrons. The van der Waals surface area contributed by atoms with Crippen molar-refractivity contribution < 1.29 is 14.4 Å². The van der Waals surface area contributed by atoms with Gasteiger partial charge in [-0.1, -0.05) is 23.7 Å². The topological polar surface area (TPSA) is 106 Å². The van der Waals surface area contributed by atoms with Gasteiger partial charge in [-0.2, -0.15) is 0 Å². The van der Waals surface area contributed by atoms with Crippen LogP contribution in [0.5, 0.6) is 11.5 Å². The fourth-order valence-electron chi connectivity index (χ4n) is 3.98. The summed E-state index contributed by atoms with van der Waals surface area (Å²) in [5, 5.41) is 15.7. The standard InChI is InChI=1S/C22H21ClN6O4/c23-16-2-1-3-17(11-16)27-6-8-28(9-7-27)22-20(29(30)31)21(25-13-26-22)24-12-15-4-5-18-19(10-15)33-14-32-18/h1-5,10-11,13H,6-9,12,14H2,(H,24,25,26). The molecular formula is C22H21ClN6O4. The molecule has 1 fully saturated rings. The summed E-state index contributed by atoms with van der Waals surface area (Å²) in [5.41, 5.74) is 1.80. The second-order valence-corrected chi connectivity index (χ2v) is 8.08. The highest BCUT2D eigenvalue weighted by atomic mass is 35.5. The zero-order chi connectivity index (χ0) is 22.8. The van der Waals surface area contributed by atoms with Crippen molar-refractivity contribution in [1.82, 2.24) is 9.97 Å². The molecule has 3 aromatic rings. The second-order valence-electron chi connectivity index (χ2n) is 7.65. The molecule has 0 bridgehead atoms. The summed E-state index contributed by atoms with van der Waals surface area (Å²) in [7, 11) is 0. The molecule has 170 valence electrons. The number of halogens is 1. The van der Waals surface area contributed by atoms with E-state index in [-0.39, 0.29) is 18.3 Å². The van der Waals surface area contributed by atoms with Gasteiger partial charge in [0.2, 0.25) is 18.4 Å². The van der Waals surface area contributed by atoms with Gasteiger partial charge in [0.1, 0.15) is 6.33 Å². The smallest absolute Gasteiger partial charge is 0.353 e. The van der Waals surface area contributed by atoms with Crippen LogP contribution in [0.25, 0.3) is 0 Å². The van der Waals surface area contributed by atoms with Crippen LogP contribution < -0.4 is 24.6 Å². The Morgan fingerprint density at radius 1 is 1.03 bits per heavy atom. The van der Waals surface area contributed by atoms with E-state index in [0.717, 1.165) is 11.3 Å². The molecule has 0 atom stereocenters. The van der Waals surface area contributed by atoms with Crippen molar-refractivity contribution in [2.75, 3.05) is 48.1 Å². The normalized spacial score (nSPS) is 14.9. The van der Waals surface area contributed by atoms with Crippen LogP contribution in [0.15, 0.2) is 48.8 Å². The molecule has 1 saturated heterocycles. The average Bonchev–Trinajstić information content (AvgIpc) is 3.30. The van der Waals surface area contributed by atoms with Crippen molar-refractivity contribution in [2.45, 2.75) is 6.54 Å². The molecule has 1 aromatic heterocycles. The number of nitro groups is 1. The van der Waals surface area contributed by atoms with Gasteiger partial charge in [-0.05, 0) is 35.9 Å². The molecule has 5 rings (SSSR count). The van der Waals surface area contributed by atoms with Crippen LogP contribution in [0.3, 0.4) is 0 Å². The van der Waals surface area contributed by atoms with Crippen molar-refractivity contribution in [3.05, 3.63) is 69.5 Å². The van der Waals surface area contributed by atoms with Crippen molar-refractivity contribution in [3.63, 3.8) is 0 Å². The number of nitrogens with one attached hydrogen (secondary N) is 1. The third kappa shape index (κ3) is 4.42. The maximum Gasteiger partial charge on any atom is 0.353 e. The average molecular weight is 469 g/mol. The van der Waals surface area contributed by atoms with E-state index in [2.05, 4.69) is 20.2 Å². The minimum absolute atomic E-state index is 0.130. The van der Waals surface area contributed by atoms with Gasteiger partial charge in [-0.3, -0.25) is 10.1 Å². The first kappa shape index (κ1) is 21.1. The monoisotopic (exact) mass is 468 g/mol. The van der Waals surface area contributed by atoms with Crippen molar-refractivity contribution in [3.8, 4) is 11.5 Å². The van der Waals surface area contributed by atoms with Gasteiger partial charge in [0.15, 0.2) is 11.5 Å². The lowest BCUT2D eigenvalue weighted by molar-refractivity contribution is -0.383. The molecule has 0 saturated carbocycles. The SMILES string of the molecule is O=[N+]([O-])c1c(NCc2ccc3c(c2)OCO3)ncnc1N1CCN(c2cccc(Cl)c2)CC1. The Hall–Kier alpha value is -3.79. The van der Waals surface area contributed by atoms with Crippen LogP contribution in [0, 0.1) is 10.1 Å². The molecule has 0 aliphatic carbocycles. The number of benzene rings is 2. The molecular weight excluding hydrogens is 448 g/mol. The Morgan fingerprint density at radius 3 is 2.61 bits per heavy atom.